The summed E-state index contributed by atoms with van der Waals surface area (Å²) in [6.07, 6.45) is -9.90. The number of amides is 1. The van der Waals surface area contributed by atoms with Crippen molar-refractivity contribution >= 4 is 32.3 Å². The van der Waals surface area contributed by atoms with Crippen molar-refractivity contribution in [3.63, 3.8) is 0 Å². The van der Waals surface area contributed by atoms with Crippen molar-refractivity contribution in [2.24, 2.45) is 22.7 Å². The minimum Gasteiger partial charge on any atom is -0.458 e. The maximum absolute atomic E-state index is 15.6. The molecule has 1 heterocycles. The zero-order chi connectivity index (χ0) is 49.8. The molecule has 0 radical (unpaired) electrons. The maximum Gasteiger partial charge on any atom is 0.408 e. The van der Waals surface area contributed by atoms with Crippen LogP contribution in [0.1, 0.15) is 132 Å². The predicted molar refractivity (Wildman–Crippen MR) is 253 cm³/mol. The molecule has 3 aliphatic carbocycles. The van der Waals surface area contributed by atoms with Crippen LogP contribution >= 0.6 is 0 Å². The van der Waals surface area contributed by atoms with Crippen LogP contribution in [0.2, 0.25) is 16.6 Å². The van der Waals surface area contributed by atoms with E-state index in [-0.39, 0.29) is 41.6 Å². The Morgan fingerprint density at radius 1 is 0.836 bits per heavy atom. The number of aliphatic hydroxyl groups is 3. The van der Waals surface area contributed by atoms with Crippen LogP contribution in [0.3, 0.4) is 0 Å². The molecule has 2 saturated carbocycles. The number of ether oxygens (including phenoxy) is 5. The van der Waals surface area contributed by atoms with Crippen LogP contribution in [0.15, 0.2) is 71.8 Å². The molecule has 3 fully saturated rings. The first-order chi connectivity index (χ1) is 31.1. The third-order valence-electron chi connectivity index (χ3n) is 15.6. The molecule has 1 aliphatic heterocycles. The van der Waals surface area contributed by atoms with Gasteiger partial charge in [-0.2, -0.15) is 0 Å². The first kappa shape index (κ1) is 52.3. The average Bonchev–Trinajstić information content (AvgIpc) is 3.23. The standard InChI is InChI=1S/C52H75NO13Si/c1-28(2)67(29(3)4,30(5)6)66-43(40(33-21-17-15-18-22-33)53-48(60)65-49(9,10)11)47(59)62-36-25-35-42(63-46(58)34-23-19-16-20-24-34)44-51(14,45(57)41(56)39(31(36)7)50(35,12)13)37(55)26-38-52(44,27-61-38)64-32(8)54/h15-24,28-30,35-38,40-45,55-57H,25-27H2,1-14H3,(H,53,60)/t35-,36-,37-,38+,40-,41+,42+,43+,44-,45-,51+,52-/m0/s1. The maximum atomic E-state index is 15.6. The summed E-state index contributed by atoms with van der Waals surface area (Å²) in [7, 11) is -2.95. The van der Waals surface area contributed by atoms with Crippen LogP contribution < -0.4 is 5.32 Å². The Labute approximate surface area is 397 Å². The second-order valence-corrected chi connectivity index (χ2v) is 27.5. The number of carbonyl (C=O) groups excluding carboxylic acids is 4. The second-order valence-electron chi connectivity index (χ2n) is 22.0. The lowest BCUT2D eigenvalue weighted by atomic mass is 9.45. The van der Waals surface area contributed by atoms with Crippen LogP contribution in [-0.2, 0) is 37.7 Å². The van der Waals surface area contributed by atoms with Crippen LogP contribution in [0.5, 0.6) is 0 Å². The van der Waals surface area contributed by atoms with Gasteiger partial charge in [-0.05, 0) is 85.0 Å². The van der Waals surface area contributed by atoms with Gasteiger partial charge in [-0.15, -0.1) is 0 Å². The highest BCUT2D eigenvalue weighted by Crippen LogP contribution is 2.64. The molecule has 4 aliphatic rings. The van der Waals surface area contributed by atoms with E-state index in [0.717, 1.165) is 0 Å². The van der Waals surface area contributed by atoms with Crippen molar-refractivity contribution in [2.75, 3.05) is 6.61 Å². The minimum absolute atomic E-state index is 0.0207. The highest BCUT2D eigenvalue weighted by atomic mass is 28.4. The van der Waals surface area contributed by atoms with Gasteiger partial charge in [-0.1, -0.05) is 111 Å². The third kappa shape index (κ3) is 9.49. The van der Waals surface area contributed by atoms with E-state index in [1.165, 1.54) is 6.92 Å². The van der Waals surface area contributed by atoms with E-state index < -0.39 is 115 Å². The Hall–Kier alpha value is -4.12. The number of carbonyl (C=O) groups is 4. The Bertz CT molecular complexity index is 2130. The Morgan fingerprint density at radius 2 is 1.40 bits per heavy atom. The third-order valence-corrected chi connectivity index (χ3v) is 21.7. The van der Waals surface area contributed by atoms with Crippen molar-refractivity contribution in [2.45, 2.75) is 186 Å². The van der Waals surface area contributed by atoms with E-state index in [1.807, 2.05) is 32.0 Å². The van der Waals surface area contributed by atoms with Crippen molar-refractivity contribution in [1.29, 1.82) is 0 Å². The number of fused-ring (bicyclic) bond motifs is 5. The number of hydrogen-bond acceptors (Lipinski definition) is 13. The monoisotopic (exact) mass is 950 g/mol. The van der Waals surface area contributed by atoms with E-state index in [9.17, 15) is 29.7 Å². The minimum atomic E-state index is -2.95. The molecule has 14 nitrogen and oxygen atoms in total. The van der Waals surface area contributed by atoms with Crippen LogP contribution in [-0.4, -0.2) is 108 Å². The lowest BCUT2D eigenvalue weighted by molar-refractivity contribution is -0.354. The van der Waals surface area contributed by atoms with Crippen LogP contribution in [0.4, 0.5) is 4.79 Å². The van der Waals surface area contributed by atoms with Gasteiger partial charge in [0.2, 0.25) is 8.32 Å². The molecule has 370 valence electrons. The summed E-state index contributed by atoms with van der Waals surface area (Å²) in [6.45, 7) is 26.1. The number of aliphatic hydroxyl groups excluding tert-OH is 3. The largest absolute Gasteiger partial charge is 0.458 e. The number of esters is 3. The smallest absolute Gasteiger partial charge is 0.408 e. The molecular weight excluding hydrogens is 875 g/mol. The van der Waals surface area contributed by atoms with Gasteiger partial charge in [-0.25, -0.2) is 14.4 Å². The van der Waals surface area contributed by atoms with Crippen LogP contribution in [0, 0.1) is 22.7 Å². The molecule has 15 heteroatoms. The van der Waals surface area contributed by atoms with Gasteiger partial charge in [0.15, 0.2) is 11.7 Å². The molecule has 4 N–H and O–H groups in total. The highest BCUT2D eigenvalue weighted by molar-refractivity contribution is 6.77. The molecule has 0 aromatic heterocycles. The fraction of sp³-hybridized carbons (Fsp3) is 0.654. The quantitative estimate of drug-likeness (QED) is 0.0651. The first-order valence-corrected chi connectivity index (χ1v) is 26.0. The normalized spacial score (nSPS) is 31.3. The molecule has 12 atom stereocenters. The van der Waals surface area contributed by atoms with E-state index in [4.69, 9.17) is 28.1 Å². The van der Waals surface area contributed by atoms with Gasteiger partial charge in [-0.3, -0.25) is 4.79 Å². The number of alkyl carbamates (subject to hydrolysis) is 1. The lowest BCUT2D eigenvalue weighted by Gasteiger charge is -2.67. The van der Waals surface area contributed by atoms with Crippen molar-refractivity contribution < 1.29 is 62.6 Å². The number of hydrogen-bond donors (Lipinski definition) is 4. The molecule has 6 rings (SSSR count). The molecule has 2 aromatic carbocycles. The molecule has 2 aromatic rings. The van der Waals surface area contributed by atoms with Gasteiger partial charge in [0, 0.05) is 24.7 Å². The molecular formula is C52H75NO13Si. The van der Waals surface area contributed by atoms with Gasteiger partial charge >= 0.3 is 24.0 Å². The summed E-state index contributed by atoms with van der Waals surface area (Å²) < 4.78 is 38.8. The number of rotatable bonds is 13. The van der Waals surface area contributed by atoms with E-state index in [0.29, 0.717) is 16.7 Å². The van der Waals surface area contributed by atoms with E-state index in [1.54, 1.807) is 77.1 Å². The summed E-state index contributed by atoms with van der Waals surface area (Å²) in [5, 5.41) is 40.4. The van der Waals surface area contributed by atoms with E-state index in [2.05, 4.69) is 46.9 Å². The van der Waals surface area contributed by atoms with Crippen LogP contribution in [0.25, 0.3) is 0 Å². The fourth-order valence-corrected chi connectivity index (χ4v) is 18.1. The summed E-state index contributed by atoms with van der Waals surface area (Å²) in [6, 6.07) is 16.4. The van der Waals surface area contributed by atoms with Crippen molar-refractivity contribution in [3.8, 4) is 0 Å². The van der Waals surface area contributed by atoms with Crippen molar-refractivity contribution in [1.82, 2.24) is 5.32 Å². The highest BCUT2D eigenvalue weighted by Gasteiger charge is 2.75. The predicted octanol–water partition coefficient (Wildman–Crippen LogP) is 8.14. The first-order valence-electron chi connectivity index (χ1n) is 23.9. The summed E-state index contributed by atoms with van der Waals surface area (Å²) in [5.41, 5.74) is -3.33. The second kappa shape index (κ2) is 19.3. The molecule has 67 heavy (non-hydrogen) atoms. The summed E-state index contributed by atoms with van der Waals surface area (Å²) in [4.78, 5) is 56.8. The lowest BCUT2D eigenvalue weighted by Crippen LogP contribution is -2.80. The Morgan fingerprint density at radius 3 is 1.91 bits per heavy atom. The SMILES string of the molecule is CC(=O)O[C@@]12CO[C@@H]1C[C@H](O)[C@]1(C)[C@@H]2[C@H](OC(=O)c2ccccc2)[C@@H]2C[C@H](OC(=O)[C@H](O[Si](C(C)C)(C(C)C)C(C)C)[C@@H](NC(=O)OC(C)(C)C)c3ccccc3)C(C)=C([C@@H](O)[C@@H]1O)C2(C)C. The number of benzene rings is 2. The van der Waals surface area contributed by atoms with Gasteiger partial charge < -0.3 is 48.7 Å². The molecule has 1 amide bonds. The average molecular weight is 950 g/mol. The van der Waals surface area contributed by atoms with Gasteiger partial charge in [0.1, 0.15) is 30.0 Å². The van der Waals surface area contributed by atoms with E-state index >= 15 is 4.79 Å². The van der Waals surface area contributed by atoms with Gasteiger partial charge in [0.25, 0.3) is 0 Å². The molecule has 1 saturated heterocycles. The Balaban J connectivity index is 1.55. The molecule has 0 unspecified atom stereocenters. The topological polar surface area (TPSA) is 196 Å². The zero-order valence-corrected chi connectivity index (χ0v) is 42.8. The zero-order valence-electron chi connectivity index (χ0n) is 41.8. The van der Waals surface area contributed by atoms with Crippen molar-refractivity contribution in [3.05, 3.63) is 82.9 Å². The summed E-state index contributed by atoms with van der Waals surface area (Å²) >= 11 is 0. The summed E-state index contributed by atoms with van der Waals surface area (Å²) in [5.74, 6) is -4.03. The number of nitrogens with one attached hydrogen (secondary N) is 1. The van der Waals surface area contributed by atoms with Gasteiger partial charge in [0.05, 0.1) is 36.3 Å². The fourth-order valence-electron chi connectivity index (χ4n) is 12.6. The molecule has 0 spiro atoms. The Kier molecular flexibility index (Phi) is 15.1. The molecule has 2 bridgehead atoms.